The van der Waals surface area contributed by atoms with E-state index in [0.29, 0.717) is 5.75 Å². The molecular formula is C14H15ClN2OS2. The fraction of sp³-hybridized carbons (Fsp3) is 0.286. The molecule has 6 heteroatoms. The molecule has 1 atom stereocenters. The van der Waals surface area contributed by atoms with Crippen molar-refractivity contribution < 1.29 is 4.79 Å². The summed E-state index contributed by atoms with van der Waals surface area (Å²) in [7, 11) is 0. The van der Waals surface area contributed by atoms with E-state index in [0.717, 1.165) is 15.7 Å². The van der Waals surface area contributed by atoms with E-state index in [2.05, 4.69) is 10.3 Å². The molecule has 1 amide bonds. The number of amides is 1. The molecule has 0 fully saturated rings. The van der Waals surface area contributed by atoms with E-state index in [-0.39, 0.29) is 11.9 Å². The van der Waals surface area contributed by atoms with Crippen molar-refractivity contribution in [2.24, 2.45) is 0 Å². The van der Waals surface area contributed by atoms with Crippen molar-refractivity contribution in [1.82, 2.24) is 10.3 Å². The maximum Gasteiger partial charge on any atom is 0.230 e. The van der Waals surface area contributed by atoms with Gasteiger partial charge in [0.2, 0.25) is 5.91 Å². The molecule has 0 aliphatic heterocycles. The van der Waals surface area contributed by atoms with Crippen LogP contribution >= 0.6 is 34.7 Å². The summed E-state index contributed by atoms with van der Waals surface area (Å²) in [5.41, 5.74) is 1.01. The van der Waals surface area contributed by atoms with Gasteiger partial charge in [0.25, 0.3) is 0 Å². The fourth-order valence-corrected chi connectivity index (χ4v) is 3.71. The number of halogens is 1. The largest absolute Gasteiger partial charge is 0.349 e. The average molecular weight is 327 g/mol. The molecule has 2 rings (SSSR count). The molecule has 1 N–H and O–H groups in total. The summed E-state index contributed by atoms with van der Waals surface area (Å²) in [6.45, 7) is 1.96. The molecule has 2 aromatic rings. The molecule has 2 aromatic heterocycles. The van der Waals surface area contributed by atoms with Crippen molar-refractivity contribution in [1.29, 1.82) is 0 Å². The molecule has 1 unspecified atom stereocenters. The van der Waals surface area contributed by atoms with E-state index in [1.54, 1.807) is 35.5 Å². The van der Waals surface area contributed by atoms with Crippen LogP contribution in [0.15, 0.2) is 36.7 Å². The number of thiophene rings is 1. The molecule has 0 spiro atoms. The zero-order valence-electron chi connectivity index (χ0n) is 11.0. The summed E-state index contributed by atoms with van der Waals surface area (Å²) < 4.78 is 0.787. The minimum atomic E-state index is -0.0204. The summed E-state index contributed by atoms with van der Waals surface area (Å²) in [5.74, 6) is 1.29. The Bertz CT molecular complexity index is 559. The van der Waals surface area contributed by atoms with Gasteiger partial charge in [0.1, 0.15) is 0 Å². The number of hydrogen-bond donors (Lipinski definition) is 1. The molecule has 0 aliphatic rings. The standard InChI is InChI=1S/C14H15ClN2OS2/c1-10(11-3-2-6-16-7-11)17-14(18)9-19-8-12-4-5-13(15)20-12/h2-7,10H,8-9H2,1H3,(H,17,18). The van der Waals surface area contributed by atoms with Crippen LogP contribution in [0.25, 0.3) is 0 Å². The fourth-order valence-electron chi connectivity index (χ4n) is 1.67. The van der Waals surface area contributed by atoms with Gasteiger partial charge in [-0.25, -0.2) is 0 Å². The molecule has 20 heavy (non-hydrogen) atoms. The van der Waals surface area contributed by atoms with Crippen molar-refractivity contribution in [3.63, 3.8) is 0 Å². The lowest BCUT2D eigenvalue weighted by molar-refractivity contribution is -0.119. The van der Waals surface area contributed by atoms with Crippen LogP contribution in [0.3, 0.4) is 0 Å². The number of aromatic nitrogens is 1. The predicted octanol–water partition coefficient (Wildman–Crippen LogP) is 3.91. The van der Waals surface area contributed by atoms with Gasteiger partial charge in [0, 0.05) is 23.0 Å². The molecule has 0 bridgehead atoms. The zero-order chi connectivity index (χ0) is 14.4. The first-order chi connectivity index (χ1) is 9.65. The van der Waals surface area contributed by atoms with Crippen LogP contribution in [0, 0.1) is 0 Å². The number of thioether (sulfide) groups is 1. The van der Waals surface area contributed by atoms with Gasteiger partial charge in [-0.1, -0.05) is 17.7 Å². The highest BCUT2D eigenvalue weighted by Gasteiger charge is 2.09. The summed E-state index contributed by atoms with van der Waals surface area (Å²) in [5, 5.41) is 2.97. The quantitative estimate of drug-likeness (QED) is 0.875. The lowest BCUT2D eigenvalue weighted by atomic mass is 10.1. The lowest BCUT2D eigenvalue weighted by Crippen LogP contribution is -2.28. The third-order valence-electron chi connectivity index (χ3n) is 2.67. The van der Waals surface area contributed by atoms with Crippen molar-refractivity contribution in [2.75, 3.05) is 5.75 Å². The second-order valence-corrected chi connectivity index (χ2v) is 7.06. The third-order valence-corrected chi connectivity index (χ3v) is 5.06. The zero-order valence-corrected chi connectivity index (χ0v) is 13.4. The van der Waals surface area contributed by atoms with Crippen LogP contribution in [0.1, 0.15) is 23.4 Å². The van der Waals surface area contributed by atoms with Crippen molar-refractivity contribution in [3.05, 3.63) is 51.4 Å². The molecule has 0 saturated carbocycles. The molecular weight excluding hydrogens is 312 g/mol. The highest BCUT2D eigenvalue weighted by atomic mass is 35.5. The normalized spacial score (nSPS) is 12.1. The van der Waals surface area contributed by atoms with Gasteiger partial charge in [-0.2, -0.15) is 0 Å². The molecule has 2 heterocycles. The highest BCUT2D eigenvalue weighted by molar-refractivity contribution is 7.99. The van der Waals surface area contributed by atoms with Gasteiger partial charge in [-0.3, -0.25) is 9.78 Å². The van der Waals surface area contributed by atoms with Crippen LogP contribution in [0.4, 0.5) is 0 Å². The van der Waals surface area contributed by atoms with E-state index in [1.807, 2.05) is 31.2 Å². The second kappa shape index (κ2) is 7.67. The van der Waals surface area contributed by atoms with E-state index >= 15 is 0 Å². The number of rotatable bonds is 6. The van der Waals surface area contributed by atoms with Crippen LogP contribution in [0.2, 0.25) is 4.34 Å². The number of nitrogens with zero attached hydrogens (tertiary/aromatic N) is 1. The Morgan fingerprint density at radius 3 is 3.00 bits per heavy atom. The number of hydrogen-bond acceptors (Lipinski definition) is 4. The summed E-state index contributed by atoms with van der Waals surface area (Å²) >= 11 is 9.01. The molecule has 0 aromatic carbocycles. The summed E-state index contributed by atoms with van der Waals surface area (Å²) in [6, 6.07) is 7.68. The SMILES string of the molecule is CC(NC(=O)CSCc1ccc(Cl)s1)c1cccnc1. The molecule has 106 valence electrons. The Balaban J connectivity index is 1.73. The smallest absolute Gasteiger partial charge is 0.230 e. The first-order valence-electron chi connectivity index (χ1n) is 6.16. The Morgan fingerprint density at radius 1 is 1.50 bits per heavy atom. The van der Waals surface area contributed by atoms with Crippen LogP contribution in [-0.2, 0) is 10.5 Å². The topological polar surface area (TPSA) is 42.0 Å². The highest BCUT2D eigenvalue weighted by Crippen LogP contribution is 2.25. The molecule has 0 saturated heterocycles. The van der Waals surface area contributed by atoms with Crippen molar-refractivity contribution in [3.8, 4) is 0 Å². The number of nitrogens with one attached hydrogen (secondary N) is 1. The van der Waals surface area contributed by atoms with E-state index in [9.17, 15) is 4.79 Å². The Kier molecular flexibility index (Phi) is 5.88. The maximum atomic E-state index is 11.8. The summed E-state index contributed by atoms with van der Waals surface area (Å²) in [4.78, 5) is 17.1. The maximum absolute atomic E-state index is 11.8. The third kappa shape index (κ3) is 4.81. The van der Waals surface area contributed by atoms with Crippen molar-refractivity contribution >= 4 is 40.6 Å². The van der Waals surface area contributed by atoms with Gasteiger partial charge in [0.15, 0.2) is 0 Å². The van der Waals surface area contributed by atoms with Gasteiger partial charge in [0.05, 0.1) is 16.1 Å². The Labute approximate surface area is 131 Å². The monoisotopic (exact) mass is 326 g/mol. The second-order valence-electron chi connectivity index (χ2n) is 4.27. The molecule has 3 nitrogen and oxygen atoms in total. The van der Waals surface area contributed by atoms with E-state index < -0.39 is 0 Å². The summed E-state index contributed by atoms with van der Waals surface area (Å²) in [6.07, 6.45) is 3.49. The first kappa shape index (κ1) is 15.4. The van der Waals surface area contributed by atoms with Gasteiger partial charge >= 0.3 is 0 Å². The Hall–Kier alpha value is -1.04. The minimum absolute atomic E-state index is 0.0204. The number of carbonyl (C=O) groups is 1. The molecule has 0 radical (unpaired) electrons. The van der Waals surface area contributed by atoms with Gasteiger partial charge in [-0.05, 0) is 30.7 Å². The van der Waals surface area contributed by atoms with Gasteiger partial charge in [-0.15, -0.1) is 23.1 Å². The van der Waals surface area contributed by atoms with E-state index in [4.69, 9.17) is 11.6 Å². The predicted molar refractivity (Wildman–Crippen MR) is 86.3 cm³/mol. The molecule has 0 aliphatic carbocycles. The van der Waals surface area contributed by atoms with Crippen LogP contribution in [-0.4, -0.2) is 16.6 Å². The minimum Gasteiger partial charge on any atom is -0.349 e. The first-order valence-corrected chi connectivity index (χ1v) is 8.51. The Morgan fingerprint density at radius 2 is 2.35 bits per heavy atom. The lowest BCUT2D eigenvalue weighted by Gasteiger charge is -2.13. The number of carbonyl (C=O) groups excluding carboxylic acids is 1. The van der Waals surface area contributed by atoms with E-state index in [1.165, 1.54) is 4.88 Å². The van der Waals surface area contributed by atoms with Crippen LogP contribution < -0.4 is 5.32 Å². The van der Waals surface area contributed by atoms with Crippen LogP contribution in [0.5, 0.6) is 0 Å². The average Bonchev–Trinajstić information content (AvgIpc) is 2.85. The number of pyridine rings is 1. The van der Waals surface area contributed by atoms with Crippen molar-refractivity contribution in [2.45, 2.75) is 18.7 Å². The van der Waals surface area contributed by atoms with Gasteiger partial charge < -0.3 is 5.32 Å².